The standard InChI is InChI=1S/C21H23FN2O4/c1-14-18(7-8-19(22)23-14)21(26)9-16-12-27-13-17(10-21)24(16)20(25)28-11-15-5-3-2-4-6-15/h2-8,16-17,26H,9-13H2,1H3. The molecule has 1 aromatic heterocycles. The van der Waals surface area contributed by atoms with Crippen molar-refractivity contribution in [1.82, 2.24) is 9.88 Å². The maximum atomic E-state index is 13.4. The zero-order chi connectivity index (χ0) is 19.7. The third-order valence-corrected chi connectivity index (χ3v) is 5.52. The van der Waals surface area contributed by atoms with Crippen LogP contribution in [-0.2, 0) is 21.7 Å². The highest BCUT2D eigenvalue weighted by molar-refractivity contribution is 5.69. The van der Waals surface area contributed by atoms with Gasteiger partial charge in [0, 0.05) is 24.1 Å². The second kappa shape index (κ2) is 7.48. The zero-order valence-corrected chi connectivity index (χ0v) is 15.7. The van der Waals surface area contributed by atoms with Crippen molar-refractivity contribution in [3.63, 3.8) is 0 Å². The first-order valence-electron chi connectivity index (χ1n) is 9.39. The van der Waals surface area contributed by atoms with E-state index in [0.29, 0.717) is 24.5 Å². The summed E-state index contributed by atoms with van der Waals surface area (Å²) in [6.07, 6.45) is 0.175. The molecule has 2 fully saturated rings. The lowest BCUT2D eigenvalue weighted by atomic mass is 9.76. The summed E-state index contributed by atoms with van der Waals surface area (Å²) in [4.78, 5) is 18.3. The number of halogens is 1. The fraction of sp³-hybridized carbons (Fsp3) is 0.429. The van der Waals surface area contributed by atoms with Gasteiger partial charge in [0.25, 0.3) is 0 Å². The van der Waals surface area contributed by atoms with Gasteiger partial charge in [-0.1, -0.05) is 30.3 Å². The molecule has 1 N–H and O–H groups in total. The van der Waals surface area contributed by atoms with Crippen molar-refractivity contribution >= 4 is 6.09 Å². The van der Waals surface area contributed by atoms with Gasteiger partial charge in [-0.05, 0) is 24.6 Å². The second-order valence-corrected chi connectivity index (χ2v) is 7.50. The van der Waals surface area contributed by atoms with E-state index in [1.54, 1.807) is 17.9 Å². The molecule has 2 atom stereocenters. The lowest BCUT2D eigenvalue weighted by molar-refractivity contribution is -0.137. The van der Waals surface area contributed by atoms with Crippen molar-refractivity contribution in [1.29, 1.82) is 0 Å². The van der Waals surface area contributed by atoms with Crippen LogP contribution in [0.5, 0.6) is 0 Å². The average molecular weight is 386 g/mol. The van der Waals surface area contributed by atoms with Crippen LogP contribution >= 0.6 is 0 Å². The topological polar surface area (TPSA) is 71.9 Å². The molecule has 28 heavy (non-hydrogen) atoms. The molecule has 2 aromatic rings. The highest BCUT2D eigenvalue weighted by Gasteiger charge is 2.50. The molecular weight excluding hydrogens is 363 g/mol. The van der Waals surface area contributed by atoms with E-state index < -0.39 is 17.6 Å². The molecule has 1 amide bonds. The third-order valence-electron chi connectivity index (χ3n) is 5.52. The molecule has 2 aliphatic heterocycles. The number of aryl methyl sites for hydroxylation is 1. The maximum absolute atomic E-state index is 13.4. The van der Waals surface area contributed by atoms with Gasteiger partial charge in [-0.3, -0.25) is 4.90 Å². The highest BCUT2D eigenvalue weighted by Crippen LogP contribution is 2.42. The number of pyridine rings is 1. The molecule has 2 unspecified atom stereocenters. The first-order valence-corrected chi connectivity index (χ1v) is 9.39. The first kappa shape index (κ1) is 18.8. The Morgan fingerprint density at radius 3 is 2.57 bits per heavy atom. The number of aromatic nitrogens is 1. The molecule has 0 spiro atoms. The summed E-state index contributed by atoms with van der Waals surface area (Å²) in [6, 6.07) is 11.7. The van der Waals surface area contributed by atoms with E-state index in [4.69, 9.17) is 9.47 Å². The summed E-state index contributed by atoms with van der Waals surface area (Å²) >= 11 is 0. The second-order valence-electron chi connectivity index (χ2n) is 7.50. The molecule has 148 valence electrons. The summed E-state index contributed by atoms with van der Waals surface area (Å²) in [7, 11) is 0. The van der Waals surface area contributed by atoms with E-state index in [9.17, 15) is 14.3 Å². The molecular formula is C21H23FN2O4. The molecule has 1 aromatic carbocycles. The number of carbonyl (C=O) groups excluding carboxylic acids is 1. The smallest absolute Gasteiger partial charge is 0.410 e. The predicted molar refractivity (Wildman–Crippen MR) is 98.9 cm³/mol. The largest absolute Gasteiger partial charge is 0.445 e. The van der Waals surface area contributed by atoms with Gasteiger partial charge in [-0.15, -0.1) is 0 Å². The lowest BCUT2D eigenvalue weighted by Gasteiger charge is -2.51. The van der Waals surface area contributed by atoms with E-state index >= 15 is 0 Å². The van der Waals surface area contributed by atoms with E-state index in [0.717, 1.165) is 5.56 Å². The number of hydrogen-bond donors (Lipinski definition) is 1. The summed E-state index contributed by atoms with van der Waals surface area (Å²) in [5.74, 6) is -0.574. The monoisotopic (exact) mass is 386 g/mol. The van der Waals surface area contributed by atoms with Gasteiger partial charge in [0.15, 0.2) is 0 Å². The number of piperidine rings is 1. The Balaban J connectivity index is 1.51. The zero-order valence-electron chi connectivity index (χ0n) is 15.7. The van der Waals surface area contributed by atoms with E-state index in [1.807, 2.05) is 30.3 Å². The van der Waals surface area contributed by atoms with Gasteiger partial charge < -0.3 is 14.6 Å². The first-order chi connectivity index (χ1) is 13.5. The van der Waals surface area contributed by atoms with Gasteiger partial charge in [0.05, 0.1) is 30.9 Å². The number of amides is 1. The number of fused-ring (bicyclic) bond motifs is 2. The van der Waals surface area contributed by atoms with Gasteiger partial charge in [-0.25, -0.2) is 9.78 Å². The van der Waals surface area contributed by atoms with Crippen molar-refractivity contribution in [2.75, 3.05) is 13.2 Å². The maximum Gasteiger partial charge on any atom is 0.410 e. The van der Waals surface area contributed by atoms with Crippen molar-refractivity contribution in [2.24, 2.45) is 0 Å². The molecule has 6 nitrogen and oxygen atoms in total. The van der Waals surface area contributed by atoms with Crippen LogP contribution in [-0.4, -0.2) is 46.4 Å². The number of morpholine rings is 1. The minimum atomic E-state index is -1.18. The molecule has 2 saturated heterocycles. The van der Waals surface area contributed by atoms with Crippen molar-refractivity contribution in [3.8, 4) is 0 Å². The van der Waals surface area contributed by atoms with Crippen LogP contribution in [0.3, 0.4) is 0 Å². The molecule has 2 bridgehead atoms. The predicted octanol–water partition coefficient (Wildman–Crippen LogP) is 2.92. The lowest BCUT2D eigenvalue weighted by Crippen LogP contribution is -2.62. The molecule has 7 heteroatoms. The Hall–Kier alpha value is -2.51. The SMILES string of the molecule is Cc1nc(F)ccc1C1(O)CC2COCC(C1)N2C(=O)OCc1ccccc1. The molecule has 0 radical (unpaired) electrons. The minimum absolute atomic E-state index is 0.196. The van der Waals surface area contributed by atoms with Crippen LogP contribution in [0, 0.1) is 12.9 Å². The molecule has 3 heterocycles. The Kier molecular flexibility index (Phi) is 5.03. The quantitative estimate of drug-likeness (QED) is 0.822. The number of aliphatic hydroxyl groups is 1. The van der Waals surface area contributed by atoms with Gasteiger partial charge in [-0.2, -0.15) is 4.39 Å². The fourth-order valence-electron chi connectivity index (χ4n) is 4.31. The van der Waals surface area contributed by atoms with Gasteiger partial charge in [0.1, 0.15) is 6.61 Å². The molecule has 0 aliphatic carbocycles. The van der Waals surface area contributed by atoms with Crippen LogP contribution < -0.4 is 0 Å². The normalized spacial score (nSPS) is 26.8. The van der Waals surface area contributed by atoms with Gasteiger partial charge >= 0.3 is 6.09 Å². The Bertz CT molecular complexity index is 847. The molecule has 4 rings (SSSR count). The number of carbonyl (C=O) groups is 1. The Labute approximate surface area is 162 Å². The summed E-state index contributed by atoms with van der Waals surface area (Å²) in [5, 5.41) is 11.3. The van der Waals surface area contributed by atoms with Crippen LogP contribution in [0.4, 0.5) is 9.18 Å². The van der Waals surface area contributed by atoms with Crippen LogP contribution in [0.25, 0.3) is 0 Å². The van der Waals surface area contributed by atoms with E-state index in [1.165, 1.54) is 6.07 Å². The van der Waals surface area contributed by atoms with Crippen LogP contribution in [0.2, 0.25) is 0 Å². The van der Waals surface area contributed by atoms with Crippen LogP contribution in [0.15, 0.2) is 42.5 Å². The van der Waals surface area contributed by atoms with Crippen molar-refractivity contribution in [2.45, 2.75) is 44.1 Å². The van der Waals surface area contributed by atoms with Crippen LogP contribution in [0.1, 0.15) is 29.7 Å². The van der Waals surface area contributed by atoms with Crippen molar-refractivity contribution in [3.05, 3.63) is 65.2 Å². The average Bonchev–Trinajstić information content (AvgIpc) is 2.66. The van der Waals surface area contributed by atoms with E-state index in [2.05, 4.69) is 4.98 Å². The Morgan fingerprint density at radius 1 is 1.25 bits per heavy atom. The minimum Gasteiger partial charge on any atom is -0.445 e. The van der Waals surface area contributed by atoms with Crippen molar-refractivity contribution < 1.29 is 23.8 Å². The number of ether oxygens (including phenoxy) is 2. The summed E-state index contributed by atoms with van der Waals surface area (Å²) in [5.41, 5.74) is 0.795. The Morgan fingerprint density at radius 2 is 1.93 bits per heavy atom. The number of rotatable bonds is 3. The fourth-order valence-corrected chi connectivity index (χ4v) is 4.31. The number of hydrogen-bond acceptors (Lipinski definition) is 5. The third kappa shape index (κ3) is 3.59. The summed E-state index contributed by atoms with van der Waals surface area (Å²) < 4.78 is 24.5. The van der Waals surface area contributed by atoms with Gasteiger partial charge in [0.2, 0.25) is 5.95 Å². The molecule has 0 saturated carbocycles. The highest BCUT2D eigenvalue weighted by atomic mass is 19.1. The number of benzene rings is 1. The number of nitrogens with zero attached hydrogens (tertiary/aromatic N) is 2. The summed E-state index contributed by atoms with van der Waals surface area (Å²) in [6.45, 7) is 2.53. The molecule has 2 aliphatic rings. The van der Waals surface area contributed by atoms with E-state index in [-0.39, 0.29) is 31.5 Å².